The minimum absolute atomic E-state index is 0.328. The molecule has 0 aliphatic carbocycles. The fraction of sp³-hybridized carbons (Fsp3) is 0.333. The normalized spacial score (nSPS) is 10.0. The first-order valence-corrected chi connectivity index (χ1v) is 4.11. The number of hydrogen-bond acceptors (Lipinski definition) is 1. The van der Waals surface area contributed by atoms with E-state index in [1.807, 2.05) is 6.92 Å². The van der Waals surface area contributed by atoms with E-state index in [1.165, 1.54) is 6.07 Å². The van der Waals surface area contributed by atoms with Gasteiger partial charge in [-0.2, -0.15) is 0 Å². The van der Waals surface area contributed by atoms with Gasteiger partial charge in [-0.25, -0.2) is 4.39 Å². The second-order valence-corrected chi connectivity index (χ2v) is 2.85. The molecule has 0 N–H and O–H groups in total. The van der Waals surface area contributed by atoms with E-state index in [2.05, 4.69) is 0 Å². The van der Waals surface area contributed by atoms with Gasteiger partial charge in [-0.1, -0.05) is 11.6 Å². The maximum absolute atomic E-state index is 13.0. The lowest BCUT2D eigenvalue weighted by Gasteiger charge is -2.05. The molecule has 1 nitrogen and oxygen atoms in total. The molecule has 0 amide bonds. The Morgan fingerprint density at radius 2 is 2.17 bits per heavy atom. The van der Waals surface area contributed by atoms with E-state index in [1.54, 1.807) is 13.0 Å². The van der Waals surface area contributed by atoms with Crippen LogP contribution >= 0.6 is 11.6 Å². The molecule has 0 bridgehead atoms. The Kier molecular flexibility index (Phi) is 2.93. The molecule has 3 heteroatoms. The summed E-state index contributed by atoms with van der Waals surface area (Å²) in [6.07, 6.45) is 0. The predicted molar refractivity (Wildman–Crippen MR) is 47.3 cm³/mol. The minimum atomic E-state index is -0.328. The maximum atomic E-state index is 13.0. The monoisotopic (exact) mass is 188 g/mol. The highest BCUT2D eigenvalue weighted by Crippen LogP contribution is 2.24. The maximum Gasteiger partial charge on any atom is 0.131 e. The molecule has 0 atom stereocenters. The van der Waals surface area contributed by atoms with Crippen molar-refractivity contribution < 1.29 is 9.13 Å². The van der Waals surface area contributed by atoms with Crippen LogP contribution < -0.4 is 4.74 Å². The van der Waals surface area contributed by atoms with Crippen LogP contribution in [0.3, 0.4) is 0 Å². The zero-order chi connectivity index (χ0) is 9.14. The summed E-state index contributed by atoms with van der Waals surface area (Å²) in [5.41, 5.74) is 0.458. The first-order valence-electron chi connectivity index (χ1n) is 3.73. The molecule has 0 heterocycles. The van der Waals surface area contributed by atoms with Gasteiger partial charge in [-0.05, 0) is 19.9 Å². The van der Waals surface area contributed by atoms with Crippen molar-refractivity contribution in [3.05, 3.63) is 28.5 Å². The van der Waals surface area contributed by atoms with Gasteiger partial charge in [0.25, 0.3) is 0 Å². The van der Waals surface area contributed by atoms with Crippen molar-refractivity contribution in [1.82, 2.24) is 0 Å². The van der Waals surface area contributed by atoms with Crippen LogP contribution in [0.2, 0.25) is 5.02 Å². The zero-order valence-electron chi connectivity index (χ0n) is 7.03. The minimum Gasteiger partial charge on any atom is -0.494 e. The quantitative estimate of drug-likeness (QED) is 0.693. The third-order valence-corrected chi connectivity index (χ3v) is 1.96. The summed E-state index contributed by atoms with van der Waals surface area (Å²) in [6, 6.07) is 2.95. The number of rotatable bonds is 2. The summed E-state index contributed by atoms with van der Waals surface area (Å²) >= 11 is 5.73. The first-order chi connectivity index (χ1) is 5.65. The fourth-order valence-electron chi connectivity index (χ4n) is 0.872. The zero-order valence-corrected chi connectivity index (χ0v) is 7.78. The van der Waals surface area contributed by atoms with E-state index < -0.39 is 0 Å². The van der Waals surface area contributed by atoms with Crippen LogP contribution in [-0.2, 0) is 0 Å². The second-order valence-electron chi connectivity index (χ2n) is 2.44. The van der Waals surface area contributed by atoms with Gasteiger partial charge in [0.1, 0.15) is 11.6 Å². The molecule has 0 spiro atoms. The molecule has 0 aliphatic heterocycles. The van der Waals surface area contributed by atoms with E-state index in [0.717, 1.165) is 0 Å². The average molecular weight is 189 g/mol. The van der Waals surface area contributed by atoms with Crippen LogP contribution in [0, 0.1) is 12.7 Å². The Hall–Kier alpha value is -0.760. The number of hydrogen-bond donors (Lipinski definition) is 0. The molecule has 0 radical (unpaired) electrons. The molecule has 1 rings (SSSR count). The summed E-state index contributed by atoms with van der Waals surface area (Å²) < 4.78 is 18.1. The summed E-state index contributed by atoms with van der Waals surface area (Å²) in [5, 5.41) is 0.401. The van der Waals surface area contributed by atoms with Gasteiger partial charge in [0, 0.05) is 11.6 Å². The second kappa shape index (κ2) is 3.76. The summed E-state index contributed by atoms with van der Waals surface area (Å²) in [7, 11) is 0. The standard InChI is InChI=1S/C9H10ClFO/c1-3-12-7-4-8(10)6(2)9(11)5-7/h4-5H,3H2,1-2H3. The molecule has 0 fully saturated rings. The van der Waals surface area contributed by atoms with Crippen LogP contribution in [0.1, 0.15) is 12.5 Å². The Bertz CT molecular complexity index is 263. The first kappa shape index (κ1) is 9.33. The Labute approximate surface area is 76.1 Å². The lowest BCUT2D eigenvalue weighted by atomic mass is 10.2. The van der Waals surface area contributed by atoms with Gasteiger partial charge >= 0.3 is 0 Å². The third kappa shape index (κ3) is 1.89. The van der Waals surface area contributed by atoms with Crippen LogP contribution in [-0.4, -0.2) is 6.61 Å². The summed E-state index contributed by atoms with van der Waals surface area (Å²) in [4.78, 5) is 0. The van der Waals surface area contributed by atoms with Gasteiger partial charge in [0.15, 0.2) is 0 Å². The van der Waals surface area contributed by atoms with Crippen molar-refractivity contribution in [3.63, 3.8) is 0 Å². The number of halogens is 2. The summed E-state index contributed by atoms with van der Waals surface area (Å²) in [6.45, 7) is 3.98. The predicted octanol–water partition coefficient (Wildman–Crippen LogP) is 3.19. The van der Waals surface area contributed by atoms with Crippen molar-refractivity contribution in [2.24, 2.45) is 0 Å². The van der Waals surface area contributed by atoms with E-state index in [4.69, 9.17) is 16.3 Å². The highest BCUT2D eigenvalue weighted by atomic mass is 35.5. The van der Waals surface area contributed by atoms with Gasteiger partial charge in [-0.3, -0.25) is 0 Å². The third-order valence-electron chi connectivity index (χ3n) is 1.57. The number of ether oxygens (including phenoxy) is 1. The smallest absolute Gasteiger partial charge is 0.131 e. The molecular weight excluding hydrogens is 179 g/mol. The lowest BCUT2D eigenvalue weighted by molar-refractivity contribution is 0.338. The lowest BCUT2D eigenvalue weighted by Crippen LogP contribution is -1.93. The van der Waals surface area contributed by atoms with Crippen molar-refractivity contribution >= 4 is 11.6 Å². The fourth-order valence-corrected chi connectivity index (χ4v) is 1.07. The van der Waals surface area contributed by atoms with Crippen molar-refractivity contribution in [3.8, 4) is 5.75 Å². The van der Waals surface area contributed by atoms with Gasteiger partial charge in [0.05, 0.1) is 11.6 Å². The Balaban J connectivity index is 3.04. The molecule has 1 aromatic rings. The van der Waals surface area contributed by atoms with Crippen molar-refractivity contribution in [2.75, 3.05) is 6.61 Å². The van der Waals surface area contributed by atoms with E-state index in [0.29, 0.717) is 22.9 Å². The topological polar surface area (TPSA) is 9.23 Å². The highest BCUT2D eigenvalue weighted by Gasteiger charge is 2.04. The van der Waals surface area contributed by atoms with Crippen LogP contribution in [0.25, 0.3) is 0 Å². The van der Waals surface area contributed by atoms with E-state index >= 15 is 0 Å². The molecule has 1 aromatic carbocycles. The highest BCUT2D eigenvalue weighted by molar-refractivity contribution is 6.31. The van der Waals surface area contributed by atoms with Crippen LogP contribution in [0.15, 0.2) is 12.1 Å². The van der Waals surface area contributed by atoms with Crippen LogP contribution in [0.5, 0.6) is 5.75 Å². The van der Waals surface area contributed by atoms with Crippen molar-refractivity contribution in [1.29, 1.82) is 0 Å². The molecule has 0 saturated heterocycles. The molecule has 0 aromatic heterocycles. The number of benzene rings is 1. The van der Waals surface area contributed by atoms with E-state index in [9.17, 15) is 4.39 Å². The molecule has 12 heavy (non-hydrogen) atoms. The van der Waals surface area contributed by atoms with E-state index in [-0.39, 0.29) is 5.82 Å². The Morgan fingerprint density at radius 3 is 2.67 bits per heavy atom. The van der Waals surface area contributed by atoms with Gasteiger partial charge in [0.2, 0.25) is 0 Å². The molecule has 66 valence electrons. The SMILES string of the molecule is CCOc1cc(F)c(C)c(Cl)c1. The molecule has 0 saturated carbocycles. The van der Waals surface area contributed by atoms with Crippen molar-refractivity contribution in [2.45, 2.75) is 13.8 Å². The van der Waals surface area contributed by atoms with Gasteiger partial charge < -0.3 is 4.74 Å². The Morgan fingerprint density at radius 1 is 1.50 bits per heavy atom. The molecule has 0 unspecified atom stereocenters. The van der Waals surface area contributed by atoms with Crippen LogP contribution in [0.4, 0.5) is 4.39 Å². The van der Waals surface area contributed by atoms with Gasteiger partial charge in [-0.15, -0.1) is 0 Å². The summed E-state index contributed by atoms with van der Waals surface area (Å²) in [5.74, 6) is 0.150. The largest absolute Gasteiger partial charge is 0.494 e. The average Bonchev–Trinajstić information content (AvgIpc) is 2.01. The molecule has 0 aliphatic rings. The molecular formula is C9H10ClFO.